The molecule has 0 radical (unpaired) electrons. The van der Waals surface area contributed by atoms with Gasteiger partial charge in [-0.15, -0.1) is 0 Å². The SMILES string of the molecule is Cc1cc(NS(=O)(=O)c2cc(C(C)C)ccc2C)ccn1. The van der Waals surface area contributed by atoms with Crippen molar-refractivity contribution in [1.29, 1.82) is 0 Å². The van der Waals surface area contributed by atoms with E-state index < -0.39 is 10.0 Å². The van der Waals surface area contributed by atoms with Gasteiger partial charge in [-0.2, -0.15) is 0 Å². The highest BCUT2D eigenvalue weighted by molar-refractivity contribution is 7.92. The number of rotatable bonds is 4. The standard InChI is InChI=1S/C16H20N2O2S/c1-11(2)14-6-5-12(3)16(10-14)21(19,20)18-15-7-8-17-13(4)9-15/h5-11H,1-4H3,(H,17,18). The first-order valence-electron chi connectivity index (χ1n) is 6.85. The van der Waals surface area contributed by atoms with Gasteiger partial charge in [-0.3, -0.25) is 9.71 Å². The van der Waals surface area contributed by atoms with Crippen LogP contribution in [0.3, 0.4) is 0 Å². The highest BCUT2D eigenvalue weighted by Crippen LogP contribution is 2.24. The molecule has 0 aliphatic rings. The van der Waals surface area contributed by atoms with Crippen LogP contribution in [0.5, 0.6) is 0 Å². The molecule has 4 nitrogen and oxygen atoms in total. The second-order valence-corrected chi connectivity index (χ2v) is 7.12. The number of aryl methyl sites for hydroxylation is 2. The van der Waals surface area contributed by atoms with E-state index >= 15 is 0 Å². The number of anilines is 1. The summed E-state index contributed by atoms with van der Waals surface area (Å²) in [5.74, 6) is 0.280. The summed E-state index contributed by atoms with van der Waals surface area (Å²) in [4.78, 5) is 4.38. The van der Waals surface area contributed by atoms with Gasteiger partial charge in [-0.1, -0.05) is 26.0 Å². The molecule has 0 fully saturated rings. The van der Waals surface area contributed by atoms with Gasteiger partial charge < -0.3 is 0 Å². The molecule has 1 aromatic carbocycles. The Hall–Kier alpha value is -1.88. The lowest BCUT2D eigenvalue weighted by Gasteiger charge is -2.13. The molecule has 1 N–H and O–H groups in total. The summed E-state index contributed by atoms with van der Waals surface area (Å²) in [5, 5.41) is 0. The van der Waals surface area contributed by atoms with Crippen LogP contribution in [-0.2, 0) is 10.0 Å². The molecule has 2 aromatic rings. The van der Waals surface area contributed by atoms with E-state index in [1.807, 2.05) is 32.9 Å². The Morgan fingerprint density at radius 1 is 1.10 bits per heavy atom. The first kappa shape index (κ1) is 15.5. The van der Waals surface area contributed by atoms with E-state index in [2.05, 4.69) is 9.71 Å². The van der Waals surface area contributed by atoms with Gasteiger partial charge in [-0.05, 0) is 49.1 Å². The molecule has 21 heavy (non-hydrogen) atoms. The molecule has 0 saturated heterocycles. The molecule has 0 unspecified atom stereocenters. The minimum Gasteiger partial charge on any atom is -0.280 e. The van der Waals surface area contributed by atoms with Crippen molar-refractivity contribution in [3.8, 4) is 0 Å². The van der Waals surface area contributed by atoms with Crippen molar-refractivity contribution >= 4 is 15.7 Å². The third kappa shape index (κ3) is 3.61. The summed E-state index contributed by atoms with van der Waals surface area (Å²) in [5.41, 5.74) is 3.03. The van der Waals surface area contributed by atoms with Gasteiger partial charge in [0.05, 0.1) is 10.6 Å². The minimum atomic E-state index is -3.59. The van der Waals surface area contributed by atoms with Crippen LogP contribution in [-0.4, -0.2) is 13.4 Å². The molecule has 0 atom stereocenters. The predicted molar refractivity (Wildman–Crippen MR) is 85.1 cm³/mol. The number of nitrogens with one attached hydrogen (secondary N) is 1. The number of benzene rings is 1. The number of hydrogen-bond donors (Lipinski definition) is 1. The molecule has 1 heterocycles. The van der Waals surface area contributed by atoms with Crippen molar-refractivity contribution < 1.29 is 8.42 Å². The highest BCUT2D eigenvalue weighted by atomic mass is 32.2. The van der Waals surface area contributed by atoms with Crippen LogP contribution in [0.2, 0.25) is 0 Å². The van der Waals surface area contributed by atoms with Crippen molar-refractivity contribution in [2.75, 3.05) is 4.72 Å². The quantitative estimate of drug-likeness (QED) is 0.938. The van der Waals surface area contributed by atoms with E-state index in [-0.39, 0.29) is 5.92 Å². The maximum Gasteiger partial charge on any atom is 0.262 e. The summed E-state index contributed by atoms with van der Waals surface area (Å²) in [6, 6.07) is 8.92. The van der Waals surface area contributed by atoms with Crippen LogP contribution in [0.25, 0.3) is 0 Å². The van der Waals surface area contributed by atoms with Crippen molar-refractivity contribution in [3.05, 3.63) is 53.3 Å². The zero-order valence-corrected chi connectivity index (χ0v) is 13.5. The first-order chi connectivity index (χ1) is 9.79. The second-order valence-electron chi connectivity index (χ2n) is 5.47. The van der Waals surface area contributed by atoms with Gasteiger partial charge in [0.2, 0.25) is 0 Å². The first-order valence-corrected chi connectivity index (χ1v) is 8.34. The average molecular weight is 304 g/mol. The molecular weight excluding hydrogens is 284 g/mol. The Morgan fingerprint density at radius 3 is 2.43 bits per heavy atom. The fraction of sp³-hybridized carbons (Fsp3) is 0.312. The van der Waals surface area contributed by atoms with Gasteiger partial charge in [0.25, 0.3) is 10.0 Å². The lowest BCUT2D eigenvalue weighted by molar-refractivity contribution is 0.600. The molecule has 0 amide bonds. The number of hydrogen-bond acceptors (Lipinski definition) is 3. The Kier molecular flexibility index (Phi) is 4.32. The molecule has 0 aliphatic carbocycles. The van der Waals surface area contributed by atoms with Crippen LogP contribution in [0.1, 0.15) is 36.6 Å². The summed E-state index contributed by atoms with van der Waals surface area (Å²) >= 11 is 0. The highest BCUT2D eigenvalue weighted by Gasteiger charge is 2.18. The van der Waals surface area contributed by atoms with Gasteiger partial charge in [0, 0.05) is 11.9 Å². The molecule has 0 aliphatic heterocycles. The fourth-order valence-corrected chi connectivity index (χ4v) is 3.41. The molecule has 0 bridgehead atoms. The van der Waals surface area contributed by atoms with Gasteiger partial charge in [-0.25, -0.2) is 8.42 Å². The van der Waals surface area contributed by atoms with Crippen LogP contribution in [0.15, 0.2) is 41.4 Å². The maximum atomic E-state index is 12.6. The third-order valence-electron chi connectivity index (χ3n) is 3.32. The van der Waals surface area contributed by atoms with Crippen molar-refractivity contribution in [3.63, 3.8) is 0 Å². The van der Waals surface area contributed by atoms with E-state index in [0.717, 1.165) is 16.8 Å². The maximum absolute atomic E-state index is 12.6. The fourth-order valence-electron chi connectivity index (χ4n) is 2.08. The monoisotopic (exact) mass is 304 g/mol. The third-order valence-corrected chi connectivity index (χ3v) is 4.84. The van der Waals surface area contributed by atoms with Gasteiger partial charge >= 0.3 is 0 Å². The zero-order chi connectivity index (χ0) is 15.6. The Labute approximate surface area is 126 Å². The van der Waals surface area contributed by atoms with E-state index in [4.69, 9.17) is 0 Å². The van der Waals surface area contributed by atoms with Crippen LogP contribution >= 0.6 is 0 Å². The molecule has 0 spiro atoms. The Morgan fingerprint density at radius 2 is 1.81 bits per heavy atom. The molecule has 2 rings (SSSR count). The zero-order valence-electron chi connectivity index (χ0n) is 12.7. The van der Waals surface area contributed by atoms with E-state index in [1.54, 1.807) is 31.3 Å². The van der Waals surface area contributed by atoms with E-state index in [0.29, 0.717) is 10.6 Å². The summed E-state index contributed by atoms with van der Waals surface area (Å²) in [6.07, 6.45) is 1.59. The van der Waals surface area contributed by atoms with E-state index in [1.165, 1.54) is 0 Å². The topological polar surface area (TPSA) is 59.1 Å². The Balaban J connectivity index is 2.42. The summed E-state index contributed by atoms with van der Waals surface area (Å²) in [6.45, 7) is 7.71. The Bertz CT molecular complexity index is 753. The lowest BCUT2D eigenvalue weighted by atomic mass is 10.0. The second kappa shape index (κ2) is 5.85. The van der Waals surface area contributed by atoms with Crippen LogP contribution in [0.4, 0.5) is 5.69 Å². The van der Waals surface area contributed by atoms with Gasteiger partial charge in [0.15, 0.2) is 0 Å². The summed E-state index contributed by atoms with van der Waals surface area (Å²) < 4.78 is 27.8. The lowest BCUT2D eigenvalue weighted by Crippen LogP contribution is -2.15. The number of aromatic nitrogens is 1. The molecule has 1 aromatic heterocycles. The largest absolute Gasteiger partial charge is 0.280 e. The summed E-state index contributed by atoms with van der Waals surface area (Å²) in [7, 11) is -3.59. The predicted octanol–water partition coefficient (Wildman–Crippen LogP) is 3.62. The minimum absolute atomic E-state index is 0.280. The average Bonchev–Trinajstić information content (AvgIpc) is 2.38. The molecule has 5 heteroatoms. The van der Waals surface area contributed by atoms with Crippen molar-refractivity contribution in [2.24, 2.45) is 0 Å². The smallest absolute Gasteiger partial charge is 0.262 e. The number of pyridine rings is 1. The van der Waals surface area contributed by atoms with Crippen LogP contribution < -0.4 is 4.72 Å². The normalized spacial score (nSPS) is 11.7. The van der Waals surface area contributed by atoms with Gasteiger partial charge in [0.1, 0.15) is 0 Å². The number of nitrogens with zero attached hydrogens (tertiary/aromatic N) is 1. The van der Waals surface area contributed by atoms with Crippen molar-refractivity contribution in [2.45, 2.75) is 38.5 Å². The van der Waals surface area contributed by atoms with Crippen LogP contribution in [0, 0.1) is 13.8 Å². The molecular formula is C16H20N2O2S. The molecule has 0 saturated carbocycles. The molecule has 112 valence electrons. The van der Waals surface area contributed by atoms with Crippen molar-refractivity contribution in [1.82, 2.24) is 4.98 Å². The number of sulfonamides is 1. The van der Waals surface area contributed by atoms with E-state index in [9.17, 15) is 8.42 Å².